The van der Waals surface area contributed by atoms with Crippen molar-refractivity contribution >= 4 is 5.82 Å². The Morgan fingerprint density at radius 1 is 1.22 bits per heavy atom. The van der Waals surface area contributed by atoms with Gasteiger partial charge in [0, 0.05) is 30.1 Å². The standard InChI is InChI=1S/C14H18N4/c1-4-11-13(12-8-15-7-6-10(12)3)17-9-18-14(11)16-5-2/h6-9H,4-5H2,1-3H3,(H,16,17,18). The molecule has 0 radical (unpaired) electrons. The molecule has 0 spiro atoms. The second kappa shape index (κ2) is 5.58. The number of aromatic nitrogens is 3. The molecule has 2 aromatic rings. The average Bonchev–Trinajstić information content (AvgIpc) is 2.39. The van der Waals surface area contributed by atoms with Gasteiger partial charge in [0.2, 0.25) is 0 Å². The molecule has 0 aromatic carbocycles. The molecule has 2 rings (SSSR count). The van der Waals surface area contributed by atoms with Crippen LogP contribution in [0.2, 0.25) is 0 Å². The molecule has 0 aliphatic carbocycles. The lowest BCUT2D eigenvalue weighted by molar-refractivity contribution is 1.03. The first kappa shape index (κ1) is 12.5. The van der Waals surface area contributed by atoms with Crippen molar-refractivity contribution in [1.82, 2.24) is 15.0 Å². The summed E-state index contributed by atoms with van der Waals surface area (Å²) < 4.78 is 0. The molecule has 4 heteroatoms. The molecule has 94 valence electrons. The summed E-state index contributed by atoms with van der Waals surface area (Å²) in [6.45, 7) is 7.12. The first-order valence-corrected chi connectivity index (χ1v) is 6.26. The van der Waals surface area contributed by atoms with E-state index in [0.717, 1.165) is 35.6 Å². The number of nitrogens with one attached hydrogen (secondary N) is 1. The fourth-order valence-electron chi connectivity index (χ4n) is 2.01. The first-order chi connectivity index (χ1) is 8.77. The van der Waals surface area contributed by atoms with E-state index in [1.54, 1.807) is 12.5 Å². The molecule has 0 aliphatic rings. The third kappa shape index (κ3) is 2.32. The van der Waals surface area contributed by atoms with Gasteiger partial charge in [0.05, 0.1) is 5.69 Å². The fraction of sp³-hybridized carbons (Fsp3) is 0.357. The fourth-order valence-corrected chi connectivity index (χ4v) is 2.01. The van der Waals surface area contributed by atoms with Crippen molar-refractivity contribution in [3.05, 3.63) is 35.9 Å². The molecule has 0 unspecified atom stereocenters. The molecule has 0 amide bonds. The average molecular weight is 242 g/mol. The van der Waals surface area contributed by atoms with Crippen LogP contribution >= 0.6 is 0 Å². The van der Waals surface area contributed by atoms with Gasteiger partial charge in [-0.3, -0.25) is 4.98 Å². The molecule has 0 aliphatic heterocycles. The highest BCUT2D eigenvalue weighted by atomic mass is 15.0. The monoisotopic (exact) mass is 242 g/mol. The molecular weight excluding hydrogens is 224 g/mol. The van der Waals surface area contributed by atoms with Gasteiger partial charge in [-0.25, -0.2) is 9.97 Å². The Morgan fingerprint density at radius 2 is 2.06 bits per heavy atom. The lowest BCUT2D eigenvalue weighted by Crippen LogP contribution is -2.06. The molecule has 2 heterocycles. The van der Waals surface area contributed by atoms with Gasteiger partial charge in [0.1, 0.15) is 12.1 Å². The Kier molecular flexibility index (Phi) is 3.87. The highest BCUT2D eigenvalue weighted by Gasteiger charge is 2.12. The predicted molar refractivity (Wildman–Crippen MR) is 73.5 cm³/mol. The van der Waals surface area contributed by atoms with Gasteiger partial charge in [0.25, 0.3) is 0 Å². The summed E-state index contributed by atoms with van der Waals surface area (Å²) in [4.78, 5) is 12.9. The Morgan fingerprint density at radius 3 is 2.72 bits per heavy atom. The van der Waals surface area contributed by atoms with Crippen LogP contribution in [0.3, 0.4) is 0 Å². The maximum Gasteiger partial charge on any atom is 0.133 e. The van der Waals surface area contributed by atoms with E-state index < -0.39 is 0 Å². The van der Waals surface area contributed by atoms with Crippen molar-refractivity contribution in [2.75, 3.05) is 11.9 Å². The van der Waals surface area contributed by atoms with E-state index >= 15 is 0 Å². The highest BCUT2D eigenvalue weighted by Crippen LogP contribution is 2.27. The highest BCUT2D eigenvalue weighted by molar-refractivity contribution is 5.70. The van der Waals surface area contributed by atoms with Gasteiger partial charge in [-0.2, -0.15) is 0 Å². The Balaban J connectivity index is 2.57. The molecule has 0 fully saturated rings. The topological polar surface area (TPSA) is 50.7 Å². The maximum absolute atomic E-state index is 4.43. The molecule has 18 heavy (non-hydrogen) atoms. The van der Waals surface area contributed by atoms with Gasteiger partial charge in [-0.1, -0.05) is 6.92 Å². The van der Waals surface area contributed by atoms with Crippen LogP contribution in [0.5, 0.6) is 0 Å². The van der Waals surface area contributed by atoms with E-state index in [0.29, 0.717) is 0 Å². The van der Waals surface area contributed by atoms with Crippen LogP contribution in [0.1, 0.15) is 25.0 Å². The van der Waals surface area contributed by atoms with Gasteiger partial charge in [0.15, 0.2) is 0 Å². The summed E-state index contributed by atoms with van der Waals surface area (Å²) in [7, 11) is 0. The van der Waals surface area contributed by atoms with Gasteiger partial charge >= 0.3 is 0 Å². The predicted octanol–water partition coefficient (Wildman–Crippen LogP) is 2.84. The van der Waals surface area contributed by atoms with Crippen molar-refractivity contribution in [2.24, 2.45) is 0 Å². The summed E-state index contributed by atoms with van der Waals surface area (Å²) in [5.41, 5.74) is 4.39. The van der Waals surface area contributed by atoms with Crippen LogP contribution in [-0.2, 0) is 6.42 Å². The molecule has 0 saturated heterocycles. The van der Waals surface area contributed by atoms with Crippen molar-refractivity contribution in [3.8, 4) is 11.3 Å². The minimum atomic E-state index is 0.857. The van der Waals surface area contributed by atoms with Gasteiger partial charge in [-0.15, -0.1) is 0 Å². The van der Waals surface area contributed by atoms with E-state index in [-0.39, 0.29) is 0 Å². The van der Waals surface area contributed by atoms with E-state index in [2.05, 4.69) is 41.0 Å². The SMILES string of the molecule is CCNc1ncnc(-c2cnccc2C)c1CC. The molecule has 4 nitrogen and oxygen atoms in total. The summed E-state index contributed by atoms with van der Waals surface area (Å²) >= 11 is 0. The van der Waals surface area contributed by atoms with Crippen LogP contribution in [0.25, 0.3) is 11.3 Å². The summed E-state index contributed by atoms with van der Waals surface area (Å²) in [5.74, 6) is 0.924. The molecular formula is C14H18N4. The number of aryl methyl sites for hydroxylation is 1. The second-order valence-electron chi connectivity index (χ2n) is 4.12. The normalized spacial score (nSPS) is 10.4. The van der Waals surface area contributed by atoms with Crippen LogP contribution in [0.4, 0.5) is 5.82 Å². The number of anilines is 1. The second-order valence-corrected chi connectivity index (χ2v) is 4.12. The van der Waals surface area contributed by atoms with Crippen LogP contribution in [-0.4, -0.2) is 21.5 Å². The lowest BCUT2D eigenvalue weighted by atomic mass is 10.0. The number of pyridine rings is 1. The third-order valence-electron chi connectivity index (χ3n) is 2.94. The summed E-state index contributed by atoms with van der Waals surface area (Å²) in [6.07, 6.45) is 6.18. The van der Waals surface area contributed by atoms with Crippen molar-refractivity contribution in [1.29, 1.82) is 0 Å². The molecule has 0 saturated carbocycles. The number of rotatable bonds is 4. The number of hydrogen-bond acceptors (Lipinski definition) is 4. The molecule has 0 atom stereocenters. The van der Waals surface area contributed by atoms with E-state index in [1.165, 1.54) is 5.56 Å². The van der Waals surface area contributed by atoms with E-state index in [9.17, 15) is 0 Å². The van der Waals surface area contributed by atoms with Crippen molar-refractivity contribution in [3.63, 3.8) is 0 Å². The quantitative estimate of drug-likeness (QED) is 0.895. The first-order valence-electron chi connectivity index (χ1n) is 6.26. The number of nitrogens with zero attached hydrogens (tertiary/aromatic N) is 3. The Hall–Kier alpha value is -1.97. The third-order valence-corrected chi connectivity index (χ3v) is 2.94. The summed E-state index contributed by atoms with van der Waals surface area (Å²) in [5, 5.41) is 3.29. The summed E-state index contributed by atoms with van der Waals surface area (Å²) in [6, 6.07) is 2.00. The van der Waals surface area contributed by atoms with E-state index in [4.69, 9.17) is 0 Å². The van der Waals surface area contributed by atoms with Gasteiger partial charge < -0.3 is 5.32 Å². The van der Waals surface area contributed by atoms with Crippen LogP contribution in [0.15, 0.2) is 24.8 Å². The van der Waals surface area contributed by atoms with Crippen molar-refractivity contribution in [2.45, 2.75) is 27.2 Å². The van der Waals surface area contributed by atoms with Crippen molar-refractivity contribution < 1.29 is 0 Å². The lowest BCUT2D eigenvalue weighted by Gasteiger charge is -2.13. The smallest absolute Gasteiger partial charge is 0.133 e. The Labute approximate surface area is 108 Å². The minimum absolute atomic E-state index is 0.857. The zero-order valence-electron chi connectivity index (χ0n) is 11.1. The van der Waals surface area contributed by atoms with E-state index in [1.807, 2.05) is 12.3 Å². The van der Waals surface area contributed by atoms with Gasteiger partial charge in [-0.05, 0) is 31.9 Å². The molecule has 2 aromatic heterocycles. The molecule has 0 bridgehead atoms. The number of hydrogen-bond donors (Lipinski definition) is 1. The van der Waals surface area contributed by atoms with Crippen LogP contribution in [0, 0.1) is 6.92 Å². The maximum atomic E-state index is 4.43. The Bertz CT molecular complexity index is 537. The minimum Gasteiger partial charge on any atom is -0.370 e. The zero-order chi connectivity index (χ0) is 13.0. The molecule has 1 N–H and O–H groups in total. The zero-order valence-corrected chi connectivity index (χ0v) is 11.1. The van der Waals surface area contributed by atoms with Crippen LogP contribution < -0.4 is 5.32 Å². The largest absolute Gasteiger partial charge is 0.370 e.